The fourth-order valence-corrected chi connectivity index (χ4v) is 2.86. The van der Waals surface area contributed by atoms with Crippen molar-refractivity contribution < 1.29 is 9.90 Å². The SMILES string of the molecule is CC(C)(C)c1cc(C=CC(=O)C2NCNCN2)cc(C(C)(C)C)c1O. The van der Waals surface area contributed by atoms with Crippen LogP contribution in [0.1, 0.15) is 58.2 Å². The Hall–Kier alpha value is -1.69. The number of nitrogens with one attached hydrogen (secondary N) is 3. The lowest BCUT2D eigenvalue weighted by Gasteiger charge is -2.28. The number of benzene rings is 1. The summed E-state index contributed by atoms with van der Waals surface area (Å²) in [5.41, 5.74) is 2.34. The van der Waals surface area contributed by atoms with Crippen LogP contribution in [0.4, 0.5) is 0 Å². The molecule has 1 aromatic rings. The standard InChI is InChI=1S/C20H31N3O2/c1-19(2,3)14-9-13(10-15(17(14)25)20(4,5)6)7-8-16(24)18-22-11-21-12-23-18/h7-10,18,21-23,25H,11-12H2,1-6H3. The smallest absolute Gasteiger partial charge is 0.187 e. The topological polar surface area (TPSA) is 73.4 Å². The first kappa shape index (κ1) is 19.6. The van der Waals surface area contributed by atoms with Crippen LogP contribution in [-0.2, 0) is 15.6 Å². The third-order valence-electron chi connectivity index (χ3n) is 4.34. The minimum atomic E-state index is -0.362. The maximum atomic E-state index is 12.3. The molecule has 1 aliphatic heterocycles. The predicted molar refractivity (Wildman–Crippen MR) is 102 cm³/mol. The van der Waals surface area contributed by atoms with Crippen LogP contribution in [0.3, 0.4) is 0 Å². The van der Waals surface area contributed by atoms with Gasteiger partial charge in [-0.25, -0.2) is 0 Å². The summed E-state index contributed by atoms with van der Waals surface area (Å²) in [7, 11) is 0. The summed E-state index contributed by atoms with van der Waals surface area (Å²) in [6, 6.07) is 3.94. The van der Waals surface area contributed by atoms with E-state index in [0.29, 0.717) is 19.1 Å². The van der Waals surface area contributed by atoms with Crippen molar-refractivity contribution in [2.24, 2.45) is 0 Å². The molecule has 1 saturated heterocycles. The average molecular weight is 345 g/mol. The quantitative estimate of drug-likeness (QED) is 0.634. The maximum Gasteiger partial charge on any atom is 0.187 e. The minimum absolute atomic E-state index is 0.0100. The second-order valence-corrected chi connectivity index (χ2v) is 8.65. The van der Waals surface area contributed by atoms with Crippen molar-refractivity contribution in [3.05, 3.63) is 34.9 Å². The van der Waals surface area contributed by atoms with Crippen LogP contribution in [-0.4, -0.2) is 30.4 Å². The molecule has 0 bridgehead atoms. The molecule has 2 rings (SSSR count). The van der Waals surface area contributed by atoms with Crippen molar-refractivity contribution in [2.75, 3.05) is 13.3 Å². The first-order chi connectivity index (χ1) is 11.5. The average Bonchev–Trinajstić information content (AvgIpc) is 2.52. The zero-order valence-corrected chi connectivity index (χ0v) is 16.2. The van der Waals surface area contributed by atoms with Crippen molar-refractivity contribution in [1.82, 2.24) is 16.0 Å². The fraction of sp³-hybridized carbons (Fsp3) is 0.550. The number of phenols is 1. The second kappa shape index (κ2) is 7.28. The highest BCUT2D eigenvalue weighted by Crippen LogP contribution is 2.39. The molecule has 1 fully saturated rings. The van der Waals surface area contributed by atoms with Crippen LogP contribution >= 0.6 is 0 Å². The Morgan fingerprint density at radius 1 is 1.04 bits per heavy atom. The van der Waals surface area contributed by atoms with E-state index in [1.807, 2.05) is 18.2 Å². The van der Waals surface area contributed by atoms with Crippen LogP contribution in [0.2, 0.25) is 0 Å². The summed E-state index contributed by atoms with van der Waals surface area (Å²) >= 11 is 0. The molecule has 25 heavy (non-hydrogen) atoms. The molecule has 1 aliphatic rings. The zero-order valence-electron chi connectivity index (χ0n) is 16.2. The lowest BCUT2D eigenvalue weighted by atomic mass is 9.78. The summed E-state index contributed by atoms with van der Waals surface area (Å²) in [4.78, 5) is 12.3. The van der Waals surface area contributed by atoms with Gasteiger partial charge in [0.1, 0.15) is 11.9 Å². The molecule has 0 saturated carbocycles. The first-order valence-electron chi connectivity index (χ1n) is 8.77. The van der Waals surface area contributed by atoms with Crippen molar-refractivity contribution in [2.45, 2.75) is 58.5 Å². The van der Waals surface area contributed by atoms with Gasteiger partial charge in [-0.15, -0.1) is 0 Å². The molecule has 4 N–H and O–H groups in total. The van der Waals surface area contributed by atoms with E-state index in [-0.39, 0.29) is 22.8 Å². The highest BCUT2D eigenvalue weighted by molar-refractivity contribution is 5.97. The van der Waals surface area contributed by atoms with Gasteiger partial charge in [0, 0.05) is 24.5 Å². The van der Waals surface area contributed by atoms with Gasteiger partial charge in [0.25, 0.3) is 0 Å². The van der Waals surface area contributed by atoms with Crippen LogP contribution in [0.15, 0.2) is 18.2 Å². The number of rotatable bonds is 3. The summed E-state index contributed by atoms with van der Waals surface area (Å²) in [5, 5.41) is 20.0. The lowest BCUT2D eigenvalue weighted by Crippen LogP contribution is -2.58. The number of aromatic hydroxyl groups is 1. The van der Waals surface area contributed by atoms with E-state index in [9.17, 15) is 9.90 Å². The Bertz CT molecular complexity index is 625. The van der Waals surface area contributed by atoms with Gasteiger partial charge in [-0.2, -0.15) is 0 Å². The summed E-state index contributed by atoms with van der Waals surface area (Å²) < 4.78 is 0. The highest BCUT2D eigenvalue weighted by atomic mass is 16.3. The zero-order chi connectivity index (χ0) is 18.8. The van der Waals surface area contributed by atoms with E-state index in [4.69, 9.17) is 0 Å². The number of hydrogen-bond acceptors (Lipinski definition) is 5. The Kier molecular flexibility index (Phi) is 5.72. The molecule has 0 aromatic heterocycles. The van der Waals surface area contributed by atoms with E-state index in [0.717, 1.165) is 16.7 Å². The molecule has 5 heteroatoms. The minimum Gasteiger partial charge on any atom is -0.507 e. The molecular formula is C20H31N3O2. The van der Waals surface area contributed by atoms with E-state index in [1.54, 1.807) is 6.08 Å². The van der Waals surface area contributed by atoms with Crippen molar-refractivity contribution in [1.29, 1.82) is 0 Å². The molecule has 0 aliphatic carbocycles. The van der Waals surface area contributed by atoms with Gasteiger partial charge >= 0.3 is 0 Å². The van der Waals surface area contributed by atoms with Crippen molar-refractivity contribution >= 4 is 11.9 Å². The molecular weight excluding hydrogens is 314 g/mol. The molecule has 0 amide bonds. The second-order valence-electron chi connectivity index (χ2n) is 8.65. The van der Waals surface area contributed by atoms with Gasteiger partial charge in [-0.1, -0.05) is 47.6 Å². The van der Waals surface area contributed by atoms with Gasteiger partial charge in [-0.05, 0) is 34.6 Å². The third kappa shape index (κ3) is 4.91. The maximum absolute atomic E-state index is 12.3. The van der Waals surface area contributed by atoms with Crippen LogP contribution < -0.4 is 16.0 Å². The molecule has 5 nitrogen and oxygen atoms in total. The Morgan fingerprint density at radius 2 is 1.52 bits per heavy atom. The molecule has 0 radical (unpaired) electrons. The number of ketones is 1. The van der Waals surface area contributed by atoms with E-state index in [2.05, 4.69) is 57.5 Å². The number of carbonyl (C=O) groups is 1. The largest absolute Gasteiger partial charge is 0.507 e. The van der Waals surface area contributed by atoms with E-state index >= 15 is 0 Å². The lowest BCUT2D eigenvalue weighted by molar-refractivity contribution is -0.117. The predicted octanol–water partition coefficient (Wildman–Crippen LogP) is 2.59. The Morgan fingerprint density at radius 3 is 1.96 bits per heavy atom. The van der Waals surface area contributed by atoms with Crippen molar-refractivity contribution in [3.8, 4) is 5.75 Å². The summed E-state index contributed by atoms with van der Waals surface area (Å²) in [6.07, 6.45) is 3.07. The number of carbonyl (C=O) groups excluding carboxylic acids is 1. The van der Waals surface area contributed by atoms with Gasteiger partial charge in [0.2, 0.25) is 0 Å². The summed E-state index contributed by atoms with van der Waals surface area (Å²) in [6.45, 7) is 13.7. The third-order valence-corrected chi connectivity index (χ3v) is 4.34. The van der Waals surface area contributed by atoms with Crippen LogP contribution in [0, 0.1) is 0 Å². The fourth-order valence-electron chi connectivity index (χ4n) is 2.86. The van der Waals surface area contributed by atoms with Crippen LogP contribution in [0.25, 0.3) is 6.08 Å². The van der Waals surface area contributed by atoms with E-state index < -0.39 is 0 Å². The normalized spacial score (nSPS) is 17.2. The van der Waals surface area contributed by atoms with Gasteiger partial charge < -0.3 is 5.11 Å². The molecule has 0 unspecified atom stereocenters. The van der Waals surface area contributed by atoms with Gasteiger partial charge in [0.05, 0.1) is 0 Å². The van der Waals surface area contributed by atoms with Gasteiger partial charge in [-0.3, -0.25) is 20.7 Å². The molecule has 138 valence electrons. The summed E-state index contributed by atoms with van der Waals surface area (Å²) in [5.74, 6) is 0.342. The molecule has 1 aromatic carbocycles. The molecule has 0 spiro atoms. The number of hydrogen-bond donors (Lipinski definition) is 4. The molecule has 1 heterocycles. The Balaban J connectivity index is 2.37. The Labute approximate surface area is 150 Å². The van der Waals surface area contributed by atoms with Crippen molar-refractivity contribution in [3.63, 3.8) is 0 Å². The highest BCUT2D eigenvalue weighted by Gasteiger charge is 2.26. The monoisotopic (exact) mass is 345 g/mol. The van der Waals surface area contributed by atoms with Crippen LogP contribution in [0.5, 0.6) is 5.75 Å². The van der Waals surface area contributed by atoms with Gasteiger partial charge in [0.15, 0.2) is 5.78 Å². The molecule has 0 atom stereocenters. The number of phenolic OH excluding ortho intramolecular Hbond substituents is 1. The first-order valence-corrected chi connectivity index (χ1v) is 8.77. The van der Waals surface area contributed by atoms with E-state index in [1.165, 1.54) is 0 Å².